The van der Waals surface area contributed by atoms with Crippen LogP contribution in [-0.4, -0.2) is 304 Å². The number of carboxylic acids is 3. The molecule has 0 spiro atoms. The average Bonchev–Trinajstić information content (AvgIpc) is 1.65. The van der Waals surface area contributed by atoms with E-state index < -0.39 is 144 Å². The maximum atomic E-state index is 15.2. The van der Waals surface area contributed by atoms with Crippen molar-refractivity contribution in [2.45, 2.75) is 172 Å². The highest BCUT2D eigenvalue weighted by Crippen LogP contribution is 2.22. The molecule has 114 heavy (non-hydrogen) atoms. The first-order chi connectivity index (χ1) is 53.9. The first-order valence-corrected chi connectivity index (χ1v) is 38.2. The summed E-state index contributed by atoms with van der Waals surface area (Å²) in [6, 6.07) is -1.43. The molecular weight excluding hydrogens is 1490 g/mol. The number of guanidine groups is 2. The van der Waals surface area contributed by atoms with E-state index in [4.69, 9.17) is 40.1 Å². The monoisotopic (exact) mass is 1610 g/mol. The number of aromatic hydroxyl groups is 2. The minimum Gasteiger partial charge on any atom is -0.508 e. The molecule has 27 N–H and O–H groups in total. The van der Waals surface area contributed by atoms with Gasteiger partial charge in [0, 0.05) is 91.4 Å². The third-order valence-corrected chi connectivity index (χ3v) is 19.2. The molecule has 0 aromatic heterocycles. The Kier molecular flexibility index (Phi) is 41.4. The zero-order chi connectivity index (χ0) is 84.7. The number of carbonyl (C=O) groups excluding carboxylic acids is 11. The van der Waals surface area contributed by atoms with Gasteiger partial charge in [0.2, 0.25) is 65.0 Å². The molecule has 0 radical (unpaired) electrons. The molecule has 0 saturated carbocycles. The van der Waals surface area contributed by atoms with Gasteiger partial charge in [-0.1, -0.05) is 58.4 Å². The lowest BCUT2D eigenvalue weighted by molar-refractivity contribution is -0.143. The van der Waals surface area contributed by atoms with E-state index in [1.54, 1.807) is 47.3 Å². The Balaban J connectivity index is 1.72. The number of nitrogens with two attached hydrogens (primary N) is 7. The number of carbonyl (C=O) groups is 14. The van der Waals surface area contributed by atoms with Gasteiger partial charge in [-0.15, -0.1) is 0 Å². The van der Waals surface area contributed by atoms with Gasteiger partial charge in [-0.25, -0.2) is 0 Å². The minimum absolute atomic E-state index is 0.0143. The molecule has 2 aromatic rings. The molecule has 41 heteroatoms. The lowest BCUT2D eigenvalue weighted by atomic mass is 9.98. The predicted octanol–water partition coefficient (Wildman–Crippen LogP) is -6.08. The Bertz CT molecular complexity index is 3570. The Morgan fingerprint density at radius 3 is 1.28 bits per heavy atom. The quantitative estimate of drug-likeness (QED) is 0.0167. The zero-order valence-corrected chi connectivity index (χ0v) is 65.3. The molecule has 2 aliphatic rings. The second-order valence-corrected chi connectivity index (χ2v) is 29.0. The van der Waals surface area contributed by atoms with E-state index in [2.05, 4.69) is 52.5 Å². The number of primary amides is 2. The van der Waals surface area contributed by atoms with E-state index in [0.29, 0.717) is 17.5 Å². The number of nitrogens with zero attached hydrogens (tertiary/aromatic N) is 7. The van der Waals surface area contributed by atoms with E-state index in [9.17, 15) is 83.1 Å². The Labute approximate surface area is 661 Å². The third-order valence-electron chi connectivity index (χ3n) is 19.2. The number of aliphatic imine (C=N–C) groups is 2. The number of rotatable bonds is 47. The molecule has 1 unspecified atom stereocenters. The van der Waals surface area contributed by atoms with Crippen molar-refractivity contribution in [1.29, 1.82) is 0 Å². The number of carboxylic acid groups (broad SMARTS) is 3. The van der Waals surface area contributed by atoms with Crippen LogP contribution in [0.3, 0.4) is 0 Å². The standard InChI is InChI=1S/C73H118N22O19/c1-5-44(4)62(75)70(113)90-55(38-57(74)98)71(114)95-26-10-14-56(95)69(112)86-49(11-6-7-23-81-58(99)39-91-27-29-92(40-59(100)101)31-33-94(42-61(104)105)34-32-93(30-28-91)41-60(102)103)65(108)89-54(37-46-17-21-48(97)22-18-46)68(111)85-51(13-9-25-83-73(79)80)66(109)88-53(35-43(2)3)67(110)84-50(12-8-24-82-72(77)78)64(107)87-52(63(76)106)36-45-15-19-47(96)20-16-45/h15-22,43-44,49-56,62,96-97H,5-14,23-42,75H2,1-4H3,(H2,74,98)(H2,76,106)(H,81,99)(H,84,110)(H,85,111)(H,86,112)(H,87,107)(H,88,109)(H,89,108)(H,90,113)(H,100,101)(H,102,103)(H,104,105)(H4,77,78,82)(H4,79,80,83)/t44?,49-,50-,51-,52-,53-,54-,55-,56+,62-/m0/s1. The van der Waals surface area contributed by atoms with Gasteiger partial charge >= 0.3 is 17.9 Å². The SMILES string of the molecule is CCC(C)[C@H](N)C(=O)N[C@@H](CC(N)=O)C(=O)N1CCC[C@@H]1C(=O)N[C@@H](CCCCNC(=O)CN1CCN(CC(=O)O)CCN(CC(=O)O)CCN(CC(=O)O)CC1)C(=O)N[C@@H](Cc1ccc(O)cc1)C(=O)N[C@@H](CCCN=C(N)N)C(=O)N[C@@H](CC(C)C)C(=O)N[C@@H](CCCN=C(N)N)C(=O)N[C@@H](Cc1ccc(O)cc1)C(N)=O. The smallest absolute Gasteiger partial charge is 0.317 e. The maximum absolute atomic E-state index is 15.2. The van der Waals surface area contributed by atoms with Gasteiger partial charge in [0.05, 0.1) is 38.6 Å². The van der Waals surface area contributed by atoms with Crippen LogP contribution in [0.5, 0.6) is 11.5 Å². The summed E-state index contributed by atoms with van der Waals surface area (Å²) in [5.74, 6) is -14.2. The fraction of sp³-hybridized carbons (Fsp3) is 0.616. The second-order valence-electron chi connectivity index (χ2n) is 29.0. The lowest BCUT2D eigenvalue weighted by Crippen LogP contribution is -2.60. The van der Waals surface area contributed by atoms with Crippen molar-refractivity contribution in [2.24, 2.45) is 62.0 Å². The summed E-state index contributed by atoms with van der Waals surface area (Å²) in [4.78, 5) is 207. The Morgan fingerprint density at radius 2 is 0.860 bits per heavy atom. The highest BCUT2D eigenvalue weighted by Gasteiger charge is 2.41. The van der Waals surface area contributed by atoms with Gasteiger partial charge < -0.3 is 113 Å². The normalized spacial score (nSPS) is 17.0. The van der Waals surface area contributed by atoms with Crippen LogP contribution < -0.4 is 82.7 Å². The molecule has 2 fully saturated rings. The van der Waals surface area contributed by atoms with Crippen LogP contribution in [0.2, 0.25) is 0 Å². The summed E-state index contributed by atoms with van der Waals surface area (Å²) in [6.45, 7) is 6.71. The fourth-order valence-electron chi connectivity index (χ4n) is 12.7. The molecule has 2 aliphatic heterocycles. The van der Waals surface area contributed by atoms with Gasteiger partial charge in [-0.3, -0.25) is 96.7 Å². The number of aliphatic carboxylic acids is 3. The summed E-state index contributed by atoms with van der Waals surface area (Å²) in [7, 11) is 0. The first-order valence-electron chi connectivity index (χ1n) is 38.2. The lowest BCUT2D eigenvalue weighted by Gasteiger charge is -2.32. The predicted molar refractivity (Wildman–Crippen MR) is 417 cm³/mol. The number of hydrogen-bond donors (Lipinski definition) is 20. The molecule has 634 valence electrons. The molecule has 2 aromatic carbocycles. The summed E-state index contributed by atoms with van der Waals surface area (Å²) in [5.41, 5.74) is 40.8. The molecule has 10 atom stereocenters. The van der Waals surface area contributed by atoms with Gasteiger partial charge in [0.25, 0.3) is 0 Å². The minimum atomic E-state index is -1.63. The van der Waals surface area contributed by atoms with Crippen molar-refractivity contribution in [3.05, 3.63) is 59.7 Å². The molecule has 4 rings (SSSR count). The van der Waals surface area contributed by atoms with E-state index >= 15 is 9.59 Å². The van der Waals surface area contributed by atoms with Crippen molar-refractivity contribution < 1.29 is 92.7 Å². The van der Waals surface area contributed by atoms with Gasteiger partial charge in [0.15, 0.2) is 11.9 Å². The first kappa shape index (κ1) is 95.3. The molecule has 2 heterocycles. The topological polar surface area (TPSA) is 659 Å². The number of benzene rings is 2. The average molecular weight is 1610 g/mol. The number of hydrogen-bond acceptors (Lipinski definition) is 23. The van der Waals surface area contributed by atoms with E-state index in [0.717, 1.165) is 4.90 Å². The van der Waals surface area contributed by atoms with E-state index in [1.165, 1.54) is 48.5 Å². The summed E-state index contributed by atoms with van der Waals surface area (Å²) in [6.07, 6.45) is -0.511. The Hall–Kier alpha value is -11.0. The van der Waals surface area contributed by atoms with Crippen molar-refractivity contribution in [1.82, 2.24) is 67.0 Å². The van der Waals surface area contributed by atoms with Crippen LogP contribution in [-0.2, 0) is 80.0 Å². The van der Waals surface area contributed by atoms with Crippen molar-refractivity contribution in [2.75, 3.05) is 105 Å². The van der Waals surface area contributed by atoms with E-state index in [-0.39, 0.29) is 217 Å². The van der Waals surface area contributed by atoms with Crippen LogP contribution in [0.4, 0.5) is 0 Å². The largest absolute Gasteiger partial charge is 0.508 e. The van der Waals surface area contributed by atoms with Crippen LogP contribution >= 0.6 is 0 Å². The number of amides is 11. The molecular formula is C73H118N22O19. The van der Waals surface area contributed by atoms with Crippen LogP contribution in [0.25, 0.3) is 0 Å². The fourth-order valence-corrected chi connectivity index (χ4v) is 12.7. The summed E-state index contributed by atoms with van der Waals surface area (Å²) in [5, 5.41) is 70.7. The number of phenolic OH excluding ortho intramolecular Hbond substituents is 2. The molecule has 0 bridgehead atoms. The highest BCUT2D eigenvalue weighted by molar-refractivity contribution is 5.99. The number of likely N-dealkylation sites (tertiary alicyclic amines) is 1. The van der Waals surface area contributed by atoms with Crippen LogP contribution in [0.1, 0.15) is 116 Å². The number of phenols is 2. The number of nitrogens with one attached hydrogen (secondary N) is 8. The number of unbranched alkanes of at least 4 members (excludes halogenated alkanes) is 1. The maximum Gasteiger partial charge on any atom is 0.317 e. The van der Waals surface area contributed by atoms with Crippen molar-refractivity contribution in [3.8, 4) is 11.5 Å². The van der Waals surface area contributed by atoms with Crippen molar-refractivity contribution >= 4 is 94.8 Å². The molecule has 41 nitrogen and oxygen atoms in total. The molecule has 11 amide bonds. The second kappa shape index (κ2) is 49.5. The van der Waals surface area contributed by atoms with Gasteiger partial charge in [-0.2, -0.15) is 0 Å². The van der Waals surface area contributed by atoms with Crippen molar-refractivity contribution in [3.63, 3.8) is 0 Å². The van der Waals surface area contributed by atoms with Crippen LogP contribution in [0.15, 0.2) is 58.5 Å². The molecule has 0 aliphatic carbocycles. The highest BCUT2D eigenvalue weighted by atomic mass is 16.4. The van der Waals surface area contributed by atoms with Crippen LogP contribution in [0, 0.1) is 11.8 Å². The zero-order valence-electron chi connectivity index (χ0n) is 65.3. The Morgan fingerprint density at radius 1 is 0.474 bits per heavy atom. The van der Waals surface area contributed by atoms with Gasteiger partial charge in [0.1, 0.15) is 59.8 Å². The summed E-state index contributed by atoms with van der Waals surface area (Å²) >= 11 is 0. The van der Waals surface area contributed by atoms with E-state index in [1.807, 2.05) is 0 Å². The third kappa shape index (κ3) is 36.2. The van der Waals surface area contributed by atoms with Gasteiger partial charge in [-0.05, 0) is 111 Å². The molecule has 2 saturated heterocycles. The summed E-state index contributed by atoms with van der Waals surface area (Å²) < 4.78 is 0.